The second-order valence-corrected chi connectivity index (χ2v) is 8.26. The molecule has 0 radical (unpaired) electrons. The number of carbonyl (C=O) groups is 2. The number of hydrogen-bond donors (Lipinski definition) is 0. The fourth-order valence-corrected chi connectivity index (χ4v) is 4.49. The molecule has 166 valence electrons. The molecule has 0 atom stereocenters. The standard InChI is InChI=1S/C22H25N7O3/c1-15(30)27-10-11-28(17-6-9-29-19(13-17)24-25(2)22(29)32)20-18(27)12-16(14-23-20)21(31)26-7-4-3-5-8-26/h6,9,12-14H,3-5,7-8,10-11H2,1-2H3. The van der Waals surface area contributed by atoms with Crippen molar-refractivity contribution in [2.75, 3.05) is 36.0 Å². The Labute approximate surface area is 184 Å². The number of hydrogen-bond acceptors (Lipinski definition) is 6. The van der Waals surface area contributed by atoms with Crippen molar-refractivity contribution in [3.63, 3.8) is 0 Å². The topological polar surface area (TPSA) is 96.0 Å². The van der Waals surface area contributed by atoms with Crippen LogP contribution in [0.1, 0.15) is 36.5 Å². The lowest BCUT2D eigenvalue weighted by Gasteiger charge is -2.36. The molecule has 0 aliphatic carbocycles. The molecule has 3 aromatic heterocycles. The lowest BCUT2D eigenvalue weighted by molar-refractivity contribution is -0.116. The van der Waals surface area contributed by atoms with Crippen LogP contribution in [0.3, 0.4) is 0 Å². The van der Waals surface area contributed by atoms with Crippen molar-refractivity contribution in [1.29, 1.82) is 0 Å². The van der Waals surface area contributed by atoms with Gasteiger partial charge in [-0.1, -0.05) is 0 Å². The van der Waals surface area contributed by atoms with Crippen LogP contribution in [0.25, 0.3) is 5.65 Å². The van der Waals surface area contributed by atoms with Gasteiger partial charge in [0.2, 0.25) is 5.91 Å². The monoisotopic (exact) mass is 435 g/mol. The van der Waals surface area contributed by atoms with E-state index >= 15 is 0 Å². The number of amides is 2. The van der Waals surface area contributed by atoms with E-state index in [1.807, 2.05) is 21.9 Å². The third-order valence-electron chi connectivity index (χ3n) is 6.18. The van der Waals surface area contributed by atoms with Crippen LogP contribution in [-0.4, -0.2) is 62.1 Å². The van der Waals surface area contributed by atoms with E-state index < -0.39 is 0 Å². The summed E-state index contributed by atoms with van der Waals surface area (Å²) in [7, 11) is 1.61. The maximum absolute atomic E-state index is 13.0. The first-order chi connectivity index (χ1) is 15.4. The van der Waals surface area contributed by atoms with E-state index in [1.165, 1.54) is 16.0 Å². The summed E-state index contributed by atoms with van der Waals surface area (Å²) in [6.45, 7) is 4.02. The predicted octanol–water partition coefficient (Wildman–Crippen LogP) is 1.56. The number of anilines is 3. The summed E-state index contributed by atoms with van der Waals surface area (Å²) in [5.41, 5.74) is 2.24. The number of carbonyl (C=O) groups excluding carboxylic acids is 2. The van der Waals surface area contributed by atoms with E-state index in [0.717, 1.165) is 38.0 Å². The van der Waals surface area contributed by atoms with Gasteiger partial charge in [-0.15, -0.1) is 0 Å². The molecule has 32 heavy (non-hydrogen) atoms. The second kappa shape index (κ2) is 7.77. The van der Waals surface area contributed by atoms with Gasteiger partial charge in [0.1, 0.15) is 0 Å². The third-order valence-corrected chi connectivity index (χ3v) is 6.18. The van der Waals surface area contributed by atoms with E-state index in [1.54, 1.807) is 30.4 Å². The lowest BCUT2D eigenvalue weighted by Crippen LogP contribution is -2.42. The Kier molecular flexibility index (Phi) is 4.91. The number of piperidine rings is 1. The van der Waals surface area contributed by atoms with Crippen LogP contribution < -0.4 is 15.5 Å². The van der Waals surface area contributed by atoms with Crippen LogP contribution in [-0.2, 0) is 11.8 Å². The third kappa shape index (κ3) is 3.31. The zero-order valence-electron chi connectivity index (χ0n) is 18.2. The van der Waals surface area contributed by atoms with Crippen LogP contribution in [0.15, 0.2) is 35.4 Å². The van der Waals surface area contributed by atoms with Gasteiger partial charge in [-0.3, -0.25) is 14.0 Å². The molecule has 0 bridgehead atoms. The van der Waals surface area contributed by atoms with Crippen LogP contribution in [0, 0.1) is 0 Å². The molecule has 0 N–H and O–H groups in total. The molecule has 0 unspecified atom stereocenters. The SMILES string of the molecule is CC(=O)N1CCN(c2ccn3c(=O)n(C)nc3c2)c2ncc(C(=O)N3CCCCC3)cc21. The molecule has 2 aliphatic rings. The van der Waals surface area contributed by atoms with Gasteiger partial charge in [0.05, 0.1) is 11.3 Å². The number of fused-ring (bicyclic) bond motifs is 2. The lowest BCUT2D eigenvalue weighted by atomic mass is 10.1. The number of nitrogens with zero attached hydrogens (tertiary/aromatic N) is 7. The number of pyridine rings is 2. The van der Waals surface area contributed by atoms with Crippen molar-refractivity contribution >= 4 is 34.7 Å². The summed E-state index contributed by atoms with van der Waals surface area (Å²) in [5.74, 6) is 0.459. The normalized spacial score (nSPS) is 16.4. The predicted molar refractivity (Wildman–Crippen MR) is 119 cm³/mol. The van der Waals surface area contributed by atoms with Gasteiger partial charge in [-0.05, 0) is 31.4 Å². The van der Waals surface area contributed by atoms with E-state index in [9.17, 15) is 14.4 Å². The zero-order valence-corrected chi connectivity index (χ0v) is 18.2. The van der Waals surface area contributed by atoms with Crippen LogP contribution in [0.4, 0.5) is 17.2 Å². The molecule has 2 aliphatic heterocycles. The summed E-state index contributed by atoms with van der Waals surface area (Å²) < 4.78 is 2.77. The first-order valence-electron chi connectivity index (χ1n) is 10.8. The van der Waals surface area contributed by atoms with Gasteiger partial charge in [0.25, 0.3) is 5.91 Å². The molecule has 0 spiro atoms. The van der Waals surface area contributed by atoms with Crippen molar-refractivity contribution in [3.05, 3.63) is 46.6 Å². The maximum atomic E-state index is 13.0. The van der Waals surface area contributed by atoms with Crippen molar-refractivity contribution in [1.82, 2.24) is 24.1 Å². The first kappa shape index (κ1) is 20.2. The van der Waals surface area contributed by atoms with Gasteiger partial charge in [-0.25, -0.2) is 14.5 Å². The Morgan fingerprint density at radius 1 is 1.03 bits per heavy atom. The van der Waals surface area contributed by atoms with Gasteiger partial charge in [0.15, 0.2) is 11.5 Å². The summed E-state index contributed by atoms with van der Waals surface area (Å²) >= 11 is 0. The molecule has 5 heterocycles. The Morgan fingerprint density at radius 3 is 2.56 bits per heavy atom. The Morgan fingerprint density at radius 2 is 1.81 bits per heavy atom. The minimum atomic E-state index is -0.215. The highest BCUT2D eigenvalue weighted by atomic mass is 16.2. The first-order valence-corrected chi connectivity index (χ1v) is 10.8. The highest BCUT2D eigenvalue weighted by Crippen LogP contribution is 2.37. The quantitative estimate of drug-likeness (QED) is 0.606. The van der Waals surface area contributed by atoms with E-state index in [-0.39, 0.29) is 17.5 Å². The molecule has 1 fully saturated rings. The van der Waals surface area contributed by atoms with Crippen molar-refractivity contribution < 1.29 is 9.59 Å². The average Bonchev–Trinajstić information content (AvgIpc) is 3.10. The molecule has 0 saturated carbocycles. The highest BCUT2D eigenvalue weighted by molar-refractivity contribution is 6.01. The van der Waals surface area contributed by atoms with Crippen LogP contribution in [0.5, 0.6) is 0 Å². The van der Waals surface area contributed by atoms with Gasteiger partial charge >= 0.3 is 5.69 Å². The van der Waals surface area contributed by atoms with Crippen LogP contribution in [0.2, 0.25) is 0 Å². The molecular formula is C22H25N7O3. The molecule has 5 rings (SSSR count). The summed E-state index contributed by atoms with van der Waals surface area (Å²) in [6, 6.07) is 5.43. The highest BCUT2D eigenvalue weighted by Gasteiger charge is 2.29. The molecule has 0 aromatic carbocycles. The van der Waals surface area contributed by atoms with E-state index in [2.05, 4.69) is 10.1 Å². The van der Waals surface area contributed by atoms with E-state index in [0.29, 0.717) is 35.8 Å². The number of likely N-dealkylation sites (tertiary alicyclic amines) is 1. The van der Waals surface area contributed by atoms with Crippen molar-refractivity contribution in [3.8, 4) is 0 Å². The van der Waals surface area contributed by atoms with E-state index in [4.69, 9.17) is 0 Å². The Hall–Kier alpha value is -3.69. The minimum absolute atomic E-state index is 0.0464. The smallest absolute Gasteiger partial charge is 0.339 e. The largest absolute Gasteiger partial charge is 0.350 e. The van der Waals surface area contributed by atoms with Crippen molar-refractivity contribution in [2.24, 2.45) is 7.05 Å². The summed E-state index contributed by atoms with van der Waals surface area (Å²) in [4.78, 5) is 47.6. The molecule has 10 nitrogen and oxygen atoms in total. The number of aryl methyl sites for hydroxylation is 1. The Balaban J connectivity index is 1.55. The maximum Gasteiger partial charge on any atom is 0.350 e. The van der Waals surface area contributed by atoms with Gasteiger partial charge in [0, 0.05) is 64.3 Å². The summed E-state index contributed by atoms with van der Waals surface area (Å²) in [6.07, 6.45) is 6.45. The Bertz CT molecular complexity index is 1270. The molecular weight excluding hydrogens is 410 g/mol. The fourth-order valence-electron chi connectivity index (χ4n) is 4.49. The van der Waals surface area contributed by atoms with Crippen molar-refractivity contribution in [2.45, 2.75) is 26.2 Å². The summed E-state index contributed by atoms with van der Waals surface area (Å²) in [5, 5.41) is 4.26. The molecule has 3 aromatic rings. The number of aromatic nitrogens is 4. The average molecular weight is 435 g/mol. The fraction of sp³-hybridized carbons (Fsp3) is 0.409. The van der Waals surface area contributed by atoms with Gasteiger partial charge in [-0.2, -0.15) is 5.10 Å². The molecule has 10 heteroatoms. The van der Waals surface area contributed by atoms with Crippen LogP contribution >= 0.6 is 0 Å². The molecule has 1 saturated heterocycles. The van der Waals surface area contributed by atoms with Gasteiger partial charge < -0.3 is 14.7 Å². The number of rotatable bonds is 2. The minimum Gasteiger partial charge on any atom is -0.339 e. The molecule has 2 amide bonds. The second-order valence-electron chi connectivity index (χ2n) is 8.26. The zero-order chi connectivity index (χ0) is 22.4.